The van der Waals surface area contributed by atoms with Crippen LogP contribution in [0.15, 0.2) is 11.6 Å². The molecule has 0 aliphatic rings. The fraction of sp³-hybridized carbons (Fsp3) is 0.643. The Morgan fingerprint density at radius 1 is 1.35 bits per heavy atom. The van der Waals surface area contributed by atoms with E-state index in [4.69, 9.17) is 4.74 Å². The van der Waals surface area contributed by atoms with E-state index in [1.54, 1.807) is 27.0 Å². The first kappa shape index (κ1) is 18.1. The monoisotopic (exact) mass is 284 g/mol. The van der Waals surface area contributed by atoms with Gasteiger partial charge in [-0.3, -0.25) is 9.59 Å². The summed E-state index contributed by atoms with van der Waals surface area (Å²) in [6.45, 7) is 7.57. The predicted octanol–water partition coefficient (Wildman–Crippen LogP) is 0.725. The number of hydrogen-bond acceptors (Lipinski definition) is 4. The number of carbonyl (C=O) groups is 3. The third-order valence-electron chi connectivity index (χ3n) is 2.88. The Morgan fingerprint density at radius 2 is 1.95 bits per heavy atom. The third-order valence-corrected chi connectivity index (χ3v) is 2.88. The molecule has 0 bridgehead atoms. The van der Waals surface area contributed by atoms with Crippen molar-refractivity contribution in [3.8, 4) is 0 Å². The number of ether oxygens (including phenoxy) is 1. The molecule has 0 aliphatic carbocycles. The Kier molecular flexibility index (Phi) is 8.27. The number of hydrogen-bond donors (Lipinski definition) is 1. The van der Waals surface area contributed by atoms with Crippen molar-refractivity contribution in [2.24, 2.45) is 5.92 Å². The van der Waals surface area contributed by atoms with Crippen molar-refractivity contribution in [2.75, 3.05) is 20.2 Å². The first-order valence-corrected chi connectivity index (χ1v) is 6.63. The summed E-state index contributed by atoms with van der Waals surface area (Å²) in [6.07, 6.45) is 2.21. The number of amides is 2. The van der Waals surface area contributed by atoms with E-state index in [0.29, 0.717) is 18.6 Å². The van der Waals surface area contributed by atoms with E-state index < -0.39 is 0 Å². The average molecular weight is 284 g/mol. The Bertz CT molecular complexity index is 377. The number of carbonyl (C=O) groups excluding carboxylic acids is 3. The average Bonchev–Trinajstić information content (AvgIpc) is 2.40. The summed E-state index contributed by atoms with van der Waals surface area (Å²) in [6, 6.07) is -0.236. The van der Waals surface area contributed by atoms with Gasteiger partial charge in [-0.05, 0) is 19.8 Å². The summed E-state index contributed by atoms with van der Waals surface area (Å²) in [5.74, 6) is -0.474. The Hall–Kier alpha value is -1.85. The van der Waals surface area contributed by atoms with E-state index in [9.17, 15) is 14.4 Å². The van der Waals surface area contributed by atoms with Gasteiger partial charge in [-0.2, -0.15) is 0 Å². The number of likely N-dealkylation sites (N-methyl/N-ethyl adjacent to an activating group) is 1. The molecule has 0 saturated carbocycles. The summed E-state index contributed by atoms with van der Waals surface area (Å²) >= 11 is 0. The molecule has 1 atom stereocenters. The number of nitrogens with zero attached hydrogens (tertiary/aromatic N) is 1. The van der Waals surface area contributed by atoms with Gasteiger partial charge >= 0.3 is 5.97 Å². The van der Waals surface area contributed by atoms with Gasteiger partial charge in [0.25, 0.3) is 0 Å². The summed E-state index contributed by atoms with van der Waals surface area (Å²) in [7, 11) is 1.65. The van der Waals surface area contributed by atoms with Gasteiger partial charge in [-0.25, -0.2) is 4.79 Å². The van der Waals surface area contributed by atoms with Crippen molar-refractivity contribution < 1.29 is 19.1 Å². The molecule has 6 nitrogen and oxygen atoms in total. The van der Waals surface area contributed by atoms with E-state index >= 15 is 0 Å². The first-order valence-electron chi connectivity index (χ1n) is 6.63. The molecule has 0 spiro atoms. The minimum atomic E-state index is -0.384. The molecule has 0 saturated heterocycles. The fourth-order valence-electron chi connectivity index (χ4n) is 1.74. The molecular formula is C14H24N2O4. The van der Waals surface area contributed by atoms with Crippen LogP contribution in [0.2, 0.25) is 0 Å². The standard InChI is InChI=1S/C14H24N2O4/c1-6-20-14(19)11(4)7-12(10(2)3)16(5)13(18)8-15-9-17/h7,9-10,12H,6,8H2,1-5H3,(H,15,17)/t12-/m1/s1. The van der Waals surface area contributed by atoms with E-state index in [-0.39, 0.29) is 30.4 Å². The maximum atomic E-state index is 11.9. The maximum absolute atomic E-state index is 11.9. The molecule has 0 aromatic rings. The summed E-state index contributed by atoms with van der Waals surface area (Å²) in [5.41, 5.74) is 0.466. The van der Waals surface area contributed by atoms with Crippen LogP contribution >= 0.6 is 0 Å². The zero-order chi connectivity index (χ0) is 15.7. The number of esters is 1. The van der Waals surface area contributed by atoms with Crippen molar-refractivity contribution in [3.63, 3.8) is 0 Å². The van der Waals surface area contributed by atoms with Crippen LogP contribution in [0.25, 0.3) is 0 Å². The van der Waals surface area contributed by atoms with Crippen molar-refractivity contribution >= 4 is 18.3 Å². The molecular weight excluding hydrogens is 260 g/mol. The van der Waals surface area contributed by atoms with Crippen molar-refractivity contribution in [2.45, 2.75) is 33.7 Å². The van der Waals surface area contributed by atoms with Gasteiger partial charge in [0.1, 0.15) is 0 Å². The lowest BCUT2D eigenvalue weighted by Gasteiger charge is -2.29. The molecule has 114 valence electrons. The second kappa shape index (κ2) is 9.12. The van der Waals surface area contributed by atoms with Gasteiger partial charge in [-0.1, -0.05) is 19.9 Å². The summed E-state index contributed by atoms with van der Waals surface area (Å²) < 4.78 is 4.92. The van der Waals surface area contributed by atoms with Gasteiger partial charge in [0.15, 0.2) is 0 Å². The topological polar surface area (TPSA) is 75.7 Å². The SMILES string of the molecule is CCOC(=O)C(C)=C[C@H](C(C)C)N(C)C(=O)CNC=O. The Morgan fingerprint density at radius 3 is 2.40 bits per heavy atom. The lowest BCUT2D eigenvalue weighted by Crippen LogP contribution is -2.43. The lowest BCUT2D eigenvalue weighted by atomic mass is 10.00. The highest BCUT2D eigenvalue weighted by Gasteiger charge is 2.22. The molecule has 6 heteroatoms. The number of nitrogens with one attached hydrogen (secondary N) is 1. The van der Waals surface area contributed by atoms with Crippen LogP contribution in [0.5, 0.6) is 0 Å². The van der Waals surface area contributed by atoms with Crippen LogP contribution in [0, 0.1) is 5.92 Å². The molecule has 2 amide bonds. The Balaban J connectivity index is 4.96. The number of rotatable bonds is 8. The van der Waals surface area contributed by atoms with Crippen LogP contribution in [0.3, 0.4) is 0 Å². The predicted molar refractivity (Wildman–Crippen MR) is 75.9 cm³/mol. The molecule has 20 heavy (non-hydrogen) atoms. The molecule has 0 rings (SSSR count). The van der Waals surface area contributed by atoms with Gasteiger partial charge in [0.05, 0.1) is 19.2 Å². The zero-order valence-electron chi connectivity index (χ0n) is 12.8. The smallest absolute Gasteiger partial charge is 0.333 e. The van der Waals surface area contributed by atoms with Gasteiger partial charge in [-0.15, -0.1) is 0 Å². The third kappa shape index (κ3) is 5.86. The van der Waals surface area contributed by atoms with Crippen molar-refractivity contribution in [1.29, 1.82) is 0 Å². The van der Waals surface area contributed by atoms with Crippen molar-refractivity contribution in [3.05, 3.63) is 11.6 Å². The lowest BCUT2D eigenvalue weighted by molar-refractivity contribution is -0.138. The summed E-state index contributed by atoms with van der Waals surface area (Å²) in [4.78, 5) is 35.2. The minimum Gasteiger partial charge on any atom is -0.463 e. The molecule has 0 fully saturated rings. The molecule has 1 N–H and O–H groups in total. The van der Waals surface area contributed by atoms with E-state index in [1.807, 2.05) is 13.8 Å². The van der Waals surface area contributed by atoms with Crippen LogP contribution in [0.1, 0.15) is 27.7 Å². The Labute approximate surface area is 120 Å². The molecule has 0 heterocycles. The molecule has 0 aromatic heterocycles. The minimum absolute atomic E-state index is 0.0600. The van der Waals surface area contributed by atoms with Gasteiger partial charge in [0.2, 0.25) is 12.3 Å². The highest BCUT2D eigenvalue weighted by atomic mass is 16.5. The molecule has 0 unspecified atom stereocenters. The second-order valence-corrected chi connectivity index (χ2v) is 4.81. The van der Waals surface area contributed by atoms with Crippen LogP contribution in [0.4, 0.5) is 0 Å². The van der Waals surface area contributed by atoms with E-state index in [0.717, 1.165) is 0 Å². The normalized spacial score (nSPS) is 12.8. The van der Waals surface area contributed by atoms with Crippen molar-refractivity contribution in [1.82, 2.24) is 10.2 Å². The van der Waals surface area contributed by atoms with Crippen LogP contribution in [-0.2, 0) is 19.1 Å². The maximum Gasteiger partial charge on any atom is 0.333 e. The first-order chi connectivity index (χ1) is 9.34. The largest absolute Gasteiger partial charge is 0.463 e. The second-order valence-electron chi connectivity index (χ2n) is 4.81. The highest BCUT2D eigenvalue weighted by Crippen LogP contribution is 2.14. The quantitative estimate of drug-likeness (QED) is 0.405. The highest BCUT2D eigenvalue weighted by molar-refractivity contribution is 5.88. The van der Waals surface area contributed by atoms with Crippen LogP contribution < -0.4 is 5.32 Å². The molecule has 0 radical (unpaired) electrons. The van der Waals surface area contributed by atoms with E-state index in [2.05, 4.69) is 5.32 Å². The summed E-state index contributed by atoms with van der Waals surface area (Å²) in [5, 5.41) is 2.34. The van der Waals surface area contributed by atoms with Gasteiger partial charge in [0, 0.05) is 12.6 Å². The van der Waals surface area contributed by atoms with E-state index in [1.165, 1.54) is 4.90 Å². The van der Waals surface area contributed by atoms with Crippen LogP contribution in [-0.4, -0.2) is 49.4 Å². The molecule has 0 aliphatic heterocycles. The van der Waals surface area contributed by atoms with Gasteiger partial charge < -0.3 is 15.0 Å². The fourth-order valence-corrected chi connectivity index (χ4v) is 1.74. The molecule has 0 aromatic carbocycles. The zero-order valence-corrected chi connectivity index (χ0v) is 12.8.